The number of alkyl carbamates (subject to hydrolysis) is 1. The molecule has 0 aromatic carbocycles. The Labute approximate surface area is 113 Å². The highest BCUT2D eigenvalue weighted by atomic mass is 16.5. The van der Waals surface area contributed by atoms with Crippen LogP contribution in [0.3, 0.4) is 0 Å². The van der Waals surface area contributed by atoms with Crippen LogP contribution in [0.1, 0.15) is 13.3 Å². The number of hydrogen-bond donors (Lipinski definition) is 2. The SMILES string of the molecule is CCOC(=O)NC(=O)CN1CCCN(CCO)CC1. The summed E-state index contributed by atoms with van der Waals surface area (Å²) < 4.78 is 4.65. The molecule has 1 heterocycles. The normalized spacial score (nSPS) is 17.8. The summed E-state index contributed by atoms with van der Waals surface area (Å²) in [4.78, 5) is 26.9. The van der Waals surface area contributed by atoms with Crippen LogP contribution in [0.2, 0.25) is 0 Å². The van der Waals surface area contributed by atoms with E-state index in [1.165, 1.54) is 0 Å². The van der Waals surface area contributed by atoms with E-state index in [4.69, 9.17) is 5.11 Å². The van der Waals surface area contributed by atoms with Crippen molar-refractivity contribution < 1.29 is 19.4 Å². The Balaban J connectivity index is 2.28. The lowest BCUT2D eigenvalue weighted by Crippen LogP contribution is -2.41. The number of rotatable bonds is 5. The van der Waals surface area contributed by atoms with Crippen LogP contribution in [0.25, 0.3) is 0 Å². The van der Waals surface area contributed by atoms with E-state index in [0.29, 0.717) is 6.54 Å². The van der Waals surface area contributed by atoms with Crippen LogP contribution in [0, 0.1) is 0 Å². The minimum absolute atomic E-state index is 0.156. The van der Waals surface area contributed by atoms with Crippen LogP contribution in [-0.4, -0.2) is 79.4 Å². The van der Waals surface area contributed by atoms with Gasteiger partial charge < -0.3 is 9.84 Å². The molecule has 0 radical (unpaired) electrons. The second kappa shape index (κ2) is 8.84. The summed E-state index contributed by atoms with van der Waals surface area (Å²) in [6.07, 6.45) is 0.261. The van der Waals surface area contributed by atoms with E-state index in [-0.39, 0.29) is 25.7 Å². The highest BCUT2D eigenvalue weighted by molar-refractivity contribution is 5.92. The molecular formula is C12H23N3O4. The number of hydrogen-bond acceptors (Lipinski definition) is 6. The van der Waals surface area contributed by atoms with Crippen molar-refractivity contribution in [2.45, 2.75) is 13.3 Å². The minimum Gasteiger partial charge on any atom is -0.450 e. The van der Waals surface area contributed by atoms with E-state index >= 15 is 0 Å². The lowest BCUT2D eigenvalue weighted by atomic mass is 10.3. The summed E-state index contributed by atoms with van der Waals surface area (Å²) in [6.45, 7) is 6.30. The Bertz CT molecular complexity index is 299. The Kier molecular flexibility index (Phi) is 7.39. The lowest BCUT2D eigenvalue weighted by Gasteiger charge is -2.20. The first-order valence-electron chi connectivity index (χ1n) is 6.68. The van der Waals surface area contributed by atoms with Gasteiger partial charge in [-0.15, -0.1) is 0 Å². The molecule has 2 N–H and O–H groups in total. The highest BCUT2D eigenvalue weighted by Gasteiger charge is 2.17. The zero-order valence-electron chi connectivity index (χ0n) is 11.4. The molecule has 1 aliphatic heterocycles. The number of nitrogens with one attached hydrogen (secondary N) is 1. The number of nitrogens with zero attached hydrogens (tertiary/aromatic N) is 2. The molecule has 110 valence electrons. The van der Waals surface area contributed by atoms with Gasteiger partial charge in [-0.25, -0.2) is 4.79 Å². The highest BCUT2D eigenvalue weighted by Crippen LogP contribution is 2.02. The van der Waals surface area contributed by atoms with Gasteiger partial charge in [0.2, 0.25) is 5.91 Å². The Hall–Kier alpha value is -1.18. The second-order valence-electron chi connectivity index (χ2n) is 4.46. The summed E-state index contributed by atoms with van der Waals surface area (Å²) in [5.41, 5.74) is 0. The average molecular weight is 273 g/mol. The summed E-state index contributed by atoms with van der Waals surface area (Å²) in [6, 6.07) is 0. The molecule has 0 atom stereocenters. The summed E-state index contributed by atoms with van der Waals surface area (Å²) in [5.74, 6) is -0.339. The van der Waals surface area contributed by atoms with Gasteiger partial charge in [0.1, 0.15) is 0 Å². The molecule has 1 fully saturated rings. The molecule has 7 nitrogen and oxygen atoms in total. The number of aliphatic hydroxyl groups excluding tert-OH is 1. The van der Waals surface area contributed by atoms with Crippen molar-refractivity contribution in [1.82, 2.24) is 15.1 Å². The van der Waals surface area contributed by atoms with Crippen molar-refractivity contribution in [2.75, 3.05) is 52.5 Å². The predicted octanol–water partition coefficient (Wildman–Crippen LogP) is -0.741. The molecule has 0 aromatic heterocycles. The molecule has 1 saturated heterocycles. The van der Waals surface area contributed by atoms with Gasteiger partial charge in [0.05, 0.1) is 19.8 Å². The maximum absolute atomic E-state index is 11.6. The first-order chi connectivity index (χ1) is 9.15. The van der Waals surface area contributed by atoms with E-state index in [0.717, 1.165) is 32.6 Å². The van der Waals surface area contributed by atoms with E-state index in [1.54, 1.807) is 6.92 Å². The van der Waals surface area contributed by atoms with Gasteiger partial charge in [0.25, 0.3) is 0 Å². The van der Waals surface area contributed by atoms with Gasteiger partial charge in [-0.2, -0.15) is 0 Å². The van der Waals surface area contributed by atoms with E-state index in [9.17, 15) is 9.59 Å². The topological polar surface area (TPSA) is 82.1 Å². The van der Waals surface area contributed by atoms with Crippen molar-refractivity contribution in [3.8, 4) is 0 Å². The van der Waals surface area contributed by atoms with Crippen LogP contribution in [-0.2, 0) is 9.53 Å². The number of ether oxygens (including phenoxy) is 1. The fourth-order valence-corrected chi connectivity index (χ4v) is 2.07. The van der Waals surface area contributed by atoms with Crippen molar-refractivity contribution in [2.24, 2.45) is 0 Å². The molecule has 0 saturated carbocycles. The maximum Gasteiger partial charge on any atom is 0.413 e. The van der Waals surface area contributed by atoms with Gasteiger partial charge in [-0.05, 0) is 26.4 Å². The third-order valence-corrected chi connectivity index (χ3v) is 2.98. The Morgan fingerprint density at radius 2 is 1.89 bits per heavy atom. The van der Waals surface area contributed by atoms with Gasteiger partial charge in [0, 0.05) is 19.6 Å². The average Bonchev–Trinajstić information content (AvgIpc) is 2.55. The number of β-amino-alcohol motifs (C(OH)–C–C–N with tert-alkyl or cyclic N) is 1. The number of aliphatic hydroxyl groups is 1. The number of imide groups is 1. The first-order valence-corrected chi connectivity index (χ1v) is 6.68. The van der Waals surface area contributed by atoms with Crippen molar-refractivity contribution in [3.05, 3.63) is 0 Å². The van der Waals surface area contributed by atoms with Gasteiger partial charge >= 0.3 is 6.09 Å². The Morgan fingerprint density at radius 1 is 1.21 bits per heavy atom. The van der Waals surface area contributed by atoms with E-state index < -0.39 is 6.09 Å². The fraction of sp³-hybridized carbons (Fsp3) is 0.833. The molecular weight excluding hydrogens is 250 g/mol. The zero-order valence-corrected chi connectivity index (χ0v) is 11.4. The monoisotopic (exact) mass is 273 g/mol. The molecule has 1 rings (SSSR count). The van der Waals surface area contributed by atoms with Gasteiger partial charge in [0.15, 0.2) is 0 Å². The smallest absolute Gasteiger partial charge is 0.413 e. The molecule has 2 amide bonds. The second-order valence-corrected chi connectivity index (χ2v) is 4.46. The lowest BCUT2D eigenvalue weighted by molar-refractivity contribution is -0.121. The van der Waals surface area contributed by atoms with Crippen LogP contribution < -0.4 is 5.32 Å². The molecule has 19 heavy (non-hydrogen) atoms. The quantitative estimate of drug-likeness (QED) is 0.686. The van der Waals surface area contributed by atoms with E-state index in [1.807, 2.05) is 4.90 Å². The summed E-state index contributed by atoms with van der Waals surface area (Å²) in [7, 11) is 0. The Morgan fingerprint density at radius 3 is 2.58 bits per heavy atom. The zero-order chi connectivity index (χ0) is 14.1. The third kappa shape index (κ3) is 6.51. The summed E-state index contributed by atoms with van der Waals surface area (Å²) >= 11 is 0. The van der Waals surface area contributed by atoms with Crippen LogP contribution in [0.4, 0.5) is 4.79 Å². The van der Waals surface area contributed by atoms with Crippen molar-refractivity contribution in [3.63, 3.8) is 0 Å². The van der Waals surface area contributed by atoms with Gasteiger partial charge in [-0.1, -0.05) is 0 Å². The molecule has 7 heteroatoms. The van der Waals surface area contributed by atoms with Gasteiger partial charge in [-0.3, -0.25) is 19.9 Å². The van der Waals surface area contributed by atoms with Crippen LogP contribution in [0.5, 0.6) is 0 Å². The van der Waals surface area contributed by atoms with Crippen molar-refractivity contribution >= 4 is 12.0 Å². The third-order valence-electron chi connectivity index (χ3n) is 2.98. The molecule has 0 bridgehead atoms. The molecule has 0 spiro atoms. The molecule has 1 aliphatic rings. The van der Waals surface area contributed by atoms with E-state index in [2.05, 4.69) is 15.0 Å². The standard InChI is InChI=1S/C12H23N3O4/c1-2-19-12(18)13-11(17)10-15-5-3-4-14(6-7-15)8-9-16/h16H,2-10H2,1H3,(H,13,17,18). The molecule has 0 unspecified atom stereocenters. The fourth-order valence-electron chi connectivity index (χ4n) is 2.07. The molecule has 0 aromatic rings. The number of carbonyl (C=O) groups is 2. The number of carbonyl (C=O) groups excluding carboxylic acids is 2. The van der Waals surface area contributed by atoms with Crippen LogP contribution >= 0.6 is 0 Å². The first kappa shape index (κ1) is 15.9. The van der Waals surface area contributed by atoms with Crippen molar-refractivity contribution in [1.29, 1.82) is 0 Å². The predicted molar refractivity (Wildman–Crippen MR) is 69.7 cm³/mol. The summed E-state index contributed by atoms with van der Waals surface area (Å²) in [5, 5.41) is 11.1. The molecule has 0 aliphatic carbocycles. The minimum atomic E-state index is -0.691. The number of amides is 2. The maximum atomic E-state index is 11.6. The largest absolute Gasteiger partial charge is 0.450 e. The van der Waals surface area contributed by atoms with Crippen LogP contribution in [0.15, 0.2) is 0 Å².